The van der Waals surface area contributed by atoms with Crippen molar-refractivity contribution < 1.29 is 4.74 Å². The zero-order chi connectivity index (χ0) is 11.4. The molecule has 2 heterocycles. The average molecular weight is 226 g/mol. The van der Waals surface area contributed by atoms with Crippen molar-refractivity contribution in [3.63, 3.8) is 0 Å². The Morgan fingerprint density at radius 3 is 2.62 bits per heavy atom. The number of nitrogens with one attached hydrogen (secondary N) is 1. The summed E-state index contributed by atoms with van der Waals surface area (Å²) in [7, 11) is 0. The van der Waals surface area contributed by atoms with Gasteiger partial charge in [0, 0.05) is 19.1 Å². The molecule has 0 saturated carbocycles. The lowest BCUT2D eigenvalue weighted by molar-refractivity contribution is 0.0190. The van der Waals surface area contributed by atoms with Gasteiger partial charge in [0.15, 0.2) is 0 Å². The topological polar surface area (TPSA) is 24.5 Å². The number of likely N-dealkylation sites (tertiary alicyclic amines) is 1. The molecule has 0 amide bonds. The van der Waals surface area contributed by atoms with Gasteiger partial charge in [0.05, 0.1) is 12.7 Å². The third-order valence-corrected chi connectivity index (χ3v) is 3.93. The molecular formula is C13H26N2O. The van der Waals surface area contributed by atoms with Gasteiger partial charge in [-0.2, -0.15) is 0 Å². The molecule has 0 radical (unpaired) electrons. The molecule has 94 valence electrons. The Kier molecular flexibility index (Phi) is 4.62. The summed E-state index contributed by atoms with van der Waals surface area (Å²) in [5.74, 6) is 0.869. The fraction of sp³-hybridized carbons (Fsp3) is 1.00. The van der Waals surface area contributed by atoms with E-state index in [9.17, 15) is 0 Å². The molecule has 0 aliphatic carbocycles. The van der Waals surface area contributed by atoms with E-state index in [4.69, 9.17) is 4.74 Å². The highest BCUT2D eigenvalue weighted by Gasteiger charge is 2.25. The van der Waals surface area contributed by atoms with Gasteiger partial charge in [0.1, 0.15) is 0 Å². The lowest BCUT2D eigenvalue weighted by atomic mass is 10.1. The highest BCUT2D eigenvalue weighted by atomic mass is 16.5. The molecule has 3 nitrogen and oxygen atoms in total. The Morgan fingerprint density at radius 2 is 2.00 bits per heavy atom. The number of piperidine rings is 1. The van der Waals surface area contributed by atoms with Gasteiger partial charge in [-0.15, -0.1) is 0 Å². The Labute approximate surface area is 99.5 Å². The summed E-state index contributed by atoms with van der Waals surface area (Å²) in [6.07, 6.45) is 4.24. The fourth-order valence-corrected chi connectivity index (χ4v) is 3.00. The molecule has 2 aliphatic heterocycles. The normalized spacial score (nSPS) is 33.4. The van der Waals surface area contributed by atoms with Crippen molar-refractivity contribution in [3.8, 4) is 0 Å². The average Bonchev–Trinajstić information content (AvgIpc) is 2.59. The number of hydrogen-bond donors (Lipinski definition) is 1. The molecular weight excluding hydrogens is 200 g/mol. The minimum absolute atomic E-state index is 0.511. The Morgan fingerprint density at radius 1 is 1.25 bits per heavy atom. The quantitative estimate of drug-likeness (QED) is 0.786. The Balaban J connectivity index is 1.60. The van der Waals surface area contributed by atoms with Crippen molar-refractivity contribution in [2.45, 2.75) is 45.3 Å². The molecule has 2 rings (SSSR count). The van der Waals surface area contributed by atoms with E-state index in [2.05, 4.69) is 24.1 Å². The summed E-state index contributed by atoms with van der Waals surface area (Å²) in [5.41, 5.74) is 0. The molecule has 2 saturated heterocycles. The van der Waals surface area contributed by atoms with Gasteiger partial charge in [-0.3, -0.25) is 4.90 Å². The van der Waals surface area contributed by atoms with Crippen LogP contribution in [0.15, 0.2) is 0 Å². The van der Waals surface area contributed by atoms with Crippen molar-refractivity contribution in [3.05, 3.63) is 0 Å². The van der Waals surface area contributed by atoms with E-state index in [1.54, 1.807) is 0 Å². The van der Waals surface area contributed by atoms with E-state index in [1.165, 1.54) is 25.8 Å². The second-order valence-corrected chi connectivity index (χ2v) is 5.50. The molecule has 0 aromatic rings. The molecule has 0 aromatic heterocycles. The van der Waals surface area contributed by atoms with Gasteiger partial charge in [-0.05, 0) is 45.2 Å². The lowest BCUT2D eigenvalue weighted by Gasteiger charge is -2.25. The molecule has 0 aromatic carbocycles. The zero-order valence-electron chi connectivity index (χ0n) is 10.7. The van der Waals surface area contributed by atoms with Gasteiger partial charge >= 0.3 is 0 Å². The highest BCUT2D eigenvalue weighted by molar-refractivity contribution is 4.80. The number of ether oxygens (including phenoxy) is 1. The molecule has 1 N–H and O–H groups in total. The van der Waals surface area contributed by atoms with Crippen LogP contribution in [0.1, 0.15) is 33.1 Å². The van der Waals surface area contributed by atoms with E-state index < -0.39 is 0 Å². The zero-order valence-corrected chi connectivity index (χ0v) is 10.7. The monoisotopic (exact) mass is 226 g/mol. The largest absolute Gasteiger partial charge is 0.377 e. The summed E-state index contributed by atoms with van der Waals surface area (Å²) in [6.45, 7) is 10.2. The fourth-order valence-electron chi connectivity index (χ4n) is 3.00. The van der Waals surface area contributed by atoms with E-state index in [1.807, 2.05) is 0 Å². The minimum Gasteiger partial charge on any atom is -0.377 e. The molecule has 2 aliphatic rings. The number of rotatable bonds is 4. The van der Waals surface area contributed by atoms with Crippen molar-refractivity contribution in [2.75, 3.05) is 32.8 Å². The Hall–Kier alpha value is -0.120. The molecule has 2 fully saturated rings. The van der Waals surface area contributed by atoms with Crippen LogP contribution in [-0.4, -0.2) is 49.8 Å². The summed E-state index contributed by atoms with van der Waals surface area (Å²) in [5, 5.41) is 3.37. The molecule has 2 atom stereocenters. The number of hydrogen-bond acceptors (Lipinski definition) is 3. The van der Waals surface area contributed by atoms with Crippen molar-refractivity contribution in [1.29, 1.82) is 0 Å². The van der Waals surface area contributed by atoms with Crippen LogP contribution < -0.4 is 5.32 Å². The predicted octanol–water partition coefficient (Wildman–Crippen LogP) is 1.49. The maximum absolute atomic E-state index is 5.95. The smallest absolute Gasteiger partial charge is 0.0600 e. The molecule has 2 unspecified atom stereocenters. The van der Waals surface area contributed by atoms with Crippen LogP contribution in [0.4, 0.5) is 0 Å². The third kappa shape index (κ3) is 3.44. The Bertz CT molecular complexity index is 204. The van der Waals surface area contributed by atoms with Crippen molar-refractivity contribution in [1.82, 2.24) is 10.2 Å². The van der Waals surface area contributed by atoms with Gasteiger partial charge in [-0.1, -0.05) is 6.92 Å². The standard InChI is InChI=1S/C13H26N2O/c1-11-9-12(2)15(10-11)7-8-16-13-3-5-14-6-4-13/h11-14H,3-10H2,1-2H3. The van der Waals surface area contributed by atoms with Gasteiger partial charge in [0.25, 0.3) is 0 Å². The van der Waals surface area contributed by atoms with Crippen molar-refractivity contribution in [2.24, 2.45) is 5.92 Å². The first kappa shape index (κ1) is 12.3. The van der Waals surface area contributed by atoms with Gasteiger partial charge in [-0.25, -0.2) is 0 Å². The summed E-state index contributed by atoms with van der Waals surface area (Å²) in [4.78, 5) is 2.58. The van der Waals surface area contributed by atoms with Crippen LogP contribution in [0.2, 0.25) is 0 Å². The first-order valence-corrected chi connectivity index (χ1v) is 6.82. The third-order valence-electron chi connectivity index (χ3n) is 3.93. The minimum atomic E-state index is 0.511. The molecule has 0 bridgehead atoms. The first-order chi connectivity index (χ1) is 7.75. The van der Waals surface area contributed by atoms with E-state index in [-0.39, 0.29) is 0 Å². The maximum Gasteiger partial charge on any atom is 0.0600 e. The van der Waals surface area contributed by atoms with Crippen LogP contribution in [0.3, 0.4) is 0 Å². The highest BCUT2D eigenvalue weighted by Crippen LogP contribution is 2.21. The van der Waals surface area contributed by atoms with Gasteiger partial charge in [0.2, 0.25) is 0 Å². The first-order valence-electron chi connectivity index (χ1n) is 6.82. The molecule has 3 heteroatoms. The molecule has 16 heavy (non-hydrogen) atoms. The predicted molar refractivity (Wildman–Crippen MR) is 66.7 cm³/mol. The van der Waals surface area contributed by atoms with E-state index in [0.717, 1.165) is 38.2 Å². The second-order valence-electron chi connectivity index (χ2n) is 5.50. The summed E-state index contributed by atoms with van der Waals surface area (Å²) in [6, 6.07) is 0.756. The lowest BCUT2D eigenvalue weighted by Crippen LogP contribution is -2.35. The summed E-state index contributed by atoms with van der Waals surface area (Å²) >= 11 is 0. The van der Waals surface area contributed by atoms with Crippen LogP contribution >= 0.6 is 0 Å². The van der Waals surface area contributed by atoms with E-state index >= 15 is 0 Å². The SMILES string of the molecule is CC1CC(C)N(CCOC2CCNCC2)C1. The van der Waals surface area contributed by atoms with Crippen molar-refractivity contribution >= 4 is 0 Å². The number of nitrogens with zero attached hydrogens (tertiary/aromatic N) is 1. The maximum atomic E-state index is 5.95. The second kappa shape index (κ2) is 5.99. The van der Waals surface area contributed by atoms with Crippen LogP contribution in [-0.2, 0) is 4.74 Å². The molecule has 0 spiro atoms. The van der Waals surface area contributed by atoms with Crippen LogP contribution in [0.25, 0.3) is 0 Å². The summed E-state index contributed by atoms with van der Waals surface area (Å²) < 4.78 is 5.95. The van der Waals surface area contributed by atoms with Crippen LogP contribution in [0.5, 0.6) is 0 Å². The van der Waals surface area contributed by atoms with Crippen LogP contribution in [0, 0.1) is 5.92 Å². The van der Waals surface area contributed by atoms with Gasteiger partial charge < -0.3 is 10.1 Å². The van der Waals surface area contributed by atoms with E-state index in [0.29, 0.717) is 6.10 Å².